The summed E-state index contributed by atoms with van der Waals surface area (Å²) in [5, 5.41) is 9.50. The fourth-order valence-corrected chi connectivity index (χ4v) is 2.69. The van der Waals surface area contributed by atoms with Gasteiger partial charge >= 0.3 is 0 Å². The highest BCUT2D eigenvalue weighted by molar-refractivity contribution is 7.89. The molecule has 0 bridgehead atoms. The van der Waals surface area contributed by atoms with Crippen LogP contribution in [0.1, 0.15) is 0 Å². The average molecular weight is 524 g/mol. The van der Waals surface area contributed by atoms with Gasteiger partial charge in [0.2, 0.25) is 0 Å². The number of terminal acetylenes is 1. The minimum atomic E-state index is -4.09. The van der Waals surface area contributed by atoms with E-state index in [0.717, 1.165) is 6.07 Å². The smallest absolute Gasteiger partial charge is 0.268 e. The number of benzene rings is 1. The molecule has 0 heterocycles. The predicted octanol–water partition coefficient (Wildman–Crippen LogP) is 1.31. The fourth-order valence-electron chi connectivity index (χ4n) is 1.65. The molecule has 6 nitrogen and oxygen atoms in total. The zero-order valence-corrected chi connectivity index (χ0v) is 20.1. The van der Waals surface area contributed by atoms with Crippen molar-refractivity contribution in [3.8, 4) is 113 Å². The first-order valence-electron chi connectivity index (χ1n) is 8.93. The van der Waals surface area contributed by atoms with Crippen molar-refractivity contribution in [3.05, 3.63) is 23.2 Å². The van der Waals surface area contributed by atoms with E-state index in [1.807, 2.05) is 4.72 Å². The maximum Gasteiger partial charge on any atom is 0.268 e. The lowest BCUT2D eigenvalue weighted by molar-refractivity contribution is -0.115. The summed E-state index contributed by atoms with van der Waals surface area (Å²) in [6.45, 7) is 0. The molecule has 0 aliphatic rings. The standard InChI is InChI=1S/C27H7Cl2N3O3S/c1-2-3-4-5-6-7-8-9-10-11-12-13-14-15-16-17-20-31-36(34,35)23-18-19-24(28)26(21-23)32-27(33)25(29)22-30/h1,18-19,21,25,31H,(H,32,33). The number of rotatable bonds is 4. The molecule has 0 fully saturated rings. The quantitative estimate of drug-likeness (QED) is 0.353. The van der Waals surface area contributed by atoms with Crippen LogP contribution in [0.15, 0.2) is 23.1 Å². The first kappa shape index (κ1) is 28.6. The molecular formula is C27H7Cl2N3O3S. The number of nitrogens with one attached hydrogen (secondary N) is 2. The van der Waals surface area contributed by atoms with Gasteiger partial charge in [-0.25, -0.2) is 13.1 Å². The number of anilines is 1. The largest absolute Gasteiger partial charge is 0.322 e. The number of hydrogen-bond donors (Lipinski definition) is 2. The third-order valence-electron chi connectivity index (χ3n) is 3.04. The molecule has 0 aromatic heterocycles. The Morgan fingerprint density at radius 3 is 1.81 bits per heavy atom. The van der Waals surface area contributed by atoms with E-state index in [-0.39, 0.29) is 15.6 Å². The van der Waals surface area contributed by atoms with Gasteiger partial charge in [-0.1, -0.05) is 23.2 Å². The molecule has 0 aliphatic heterocycles. The second kappa shape index (κ2) is 16.2. The van der Waals surface area contributed by atoms with Gasteiger partial charge in [0.1, 0.15) is 0 Å². The number of halogens is 2. The van der Waals surface area contributed by atoms with E-state index in [2.05, 4.69) is 106 Å². The molecular weight excluding hydrogens is 517 g/mol. The van der Waals surface area contributed by atoms with Crippen LogP contribution in [0.5, 0.6) is 0 Å². The Morgan fingerprint density at radius 2 is 1.33 bits per heavy atom. The summed E-state index contributed by atoms with van der Waals surface area (Å²) >= 11 is 11.5. The first-order chi connectivity index (χ1) is 17.3. The maximum atomic E-state index is 12.3. The van der Waals surface area contributed by atoms with Gasteiger partial charge in [-0.3, -0.25) is 4.79 Å². The SMILES string of the molecule is C#CC#CC#CC#CC#CC#CC#CC#CC#CNS(=O)(=O)c1ccc(Cl)c(NC(=O)C(Cl)C#N)c1. The van der Waals surface area contributed by atoms with E-state index in [1.54, 1.807) is 0 Å². The Balaban J connectivity index is 2.74. The van der Waals surface area contributed by atoms with Crippen LogP contribution in [0.4, 0.5) is 5.69 Å². The molecule has 1 amide bonds. The number of carbonyl (C=O) groups is 1. The van der Waals surface area contributed by atoms with E-state index >= 15 is 0 Å². The van der Waals surface area contributed by atoms with Crippen LogP contribution in [0.3, 0.4) is 0 Å². The van der Waals surface area contributed by atoms with E-state index in [1.165, 1.54) is 18.2 Å². The fraction of sp³-hybridized carbons (Fsp3) is 0.0370. The summed E-state index contributed by atoms with van der Waals surface area (Å²) in [6, 6.07) is 7.21. The van der Waals surface area contributed by atoms with Crippen LogP contribution in [0.2, 0.25) is 5.02 Å². The summed E-state index contributed by atoms with van der Waals surface area (Å²) in [5.41, 5.74) is -0.0501. The number of nitriles is 1. The van der Waals surface area contributed by atoms with Crippen LogP contribution in [-0.4, -0.2) is 19.7 Å². The van der Waals surface area contributed by atoms with Crippen molar-refractivity contribution in [2.75, 3.05) is 5.32 Å². The lowest BCUT2D eigenvalue weighted by Gasteiger charge is -2.09. The highest BCUT2D eigenvalue weighted by Crippen LogP contribution is 2.25. The molecule has 1 rings (SSSR count). The van der Waals surface area contributed by atoms with Crippen molar-refractivity contribution in [3.63, 3.8) is 0 Å². The monoisotopic (exact) mass is 523 g/mol. The Hall–Kier alpha value is -5.45. The van der Waals surface area contributed by atoms with E-state index in [0.29, 0.717) is 0 Å². The van der Waals surface area contributed by atoms with Crippen LogP contribution < -0.4 is 10.0 Å². The van der Waals surface area contributed by atoms with Gasteiger partial charge < -0.3 is 5.32 Å². The Morgan fingerprint density at radius 1 is 0.861 bits per heavy atom. The Kier molecular flexibility index (Phi) is 12.9. The molecule has 0 spiro atoms. The summed E-state index contributed by atoms with van der Waals surface area (Å²) in [4.78, 5) is 11.5. The number of nitrogens with zero attached hydrogens (tertiary/aromatic N) is 1. The number of carbonyl (C=O) groups excluding carboxylic acids is 1. The van der Waals surface area contributed by atoms with E-state index in [4.69, 9.17) is 34.9 Å². The van der Waals surface area contributed by atoms with E-state index < -0.39 is 21.3 Å². The predicted molar refractivity (Wildman–Crippen MR) is 137 cm³/mol. The molecule has 0 radical (unpaired) electrons. The topological polar surface area (TPSA) is 99.1 Å². The molecule has 0 saturated carbocycles. The molecule has 1 unspecified atom stereocenters. The van der Waals surface area contributed by atoms with Crippen LogP contribution in [0, 0.1) is 119 Å². The minimum Gasteiger partial charge on any atom is -0.322 e. The zero-order chi connectivity index (χ0) is 26.7. The molecule has 0 saturated heterocycles. The lowest BCUT2D eigenvalue weighted by Crippen LogP contribution is -2.23. The first-order valence-corrected chi connectivity index (χ1v) is 11.2. The Labute approximate surface area is 219 Å². The van der Waals surface area contributed by atoms with Gasteiger partial charge in [0.15, 0.2) is 5.38 Å². The van der Waals surface area contributed by atoms with Crippen LogP contribution in [-0.2, 0) is 14.8 Å². The van der Waals surface area contributed by atoms with E-state index in [9.17, 15) is 13.2 Å². The third-order valence-corrected chi connectivity index (χ3v) is 4.92. The molecule has 168 valence electrons. The zero-order valence-electron chi connectivity index (χ0n) is 17.7. The number of alkyl halides is 1. The van der Waals surface area contributed by atoms with Gasteiger partial charge in [0.25, 0.3) is 15.9 Å². The van der Waals surface area contributed by atoms with Crippen LogP contribution in [0.25, 0.3) is 0 Å². The van der Waals surface area contributed by atoms with Gasteiger partial charge in [0, 0.05) is 53.4 Å². The van der Waals surface area contributed by atoms with Gasteiger partial charge in [-0.05, 0) is 65.6 Å². The van der Waals surface area contributed by atoms with Crippen molar-refractivity contribution < 1.29 is 13.2 Å². The average Bonchev–Trinajstić information content (AvgIpc) is 2.86. The molecule has 9 heteroatoms. The van der Waals surface area contributed by atoms with Crippen molar-refractivity contribution in [1.82, 2.24) is 4.72 Å². The molecule has 1 atom stereocenters. The third kappa shape index (κ3) is 11.4. The summed E-state index contributed by atoms with van der Waals surface area (Å²) < 4.78 is 26.7. The Bertz CT molecular complexity index is 1770. The van der Waals surface area contributed by atoms with Crippen molar-refractivity contribution in [2.24, 2.45) is 0 Å². The minimum absolute atomic E-state index is 0.0401. The van der Waals surface area contributed by atoms with Crippen molar-refractivity contribution in [1.29, 1.82) is 5.26 Å². The van der Waals surface area contributed by atoms with Crippen LogP contribution >= 0.6 is 23.2 Å². The molecule has 1 aromatic rings. The van der Waals surface area contributed by atoms with Gasteiger partial charge in [0.05, 0.1) is 21.7 Å². The summed E-state index contributed by atoms with van der Waals surface area (Å²) in [7, 11) is -4.09. The van der Waals surface area contributed by atoms with Gasteiger partial charge in [-0.2, -0.15) is 5.26 Å². The second-order valence-corrected chi connectivity index (χ2v) is 7.90. The lowest BCUT2D eigenvalue weighted by atomic mass is 10.3. The normalized spacial score (nSPS) is 8.33. The second-order valence-electron chi connectivity index (χ2n) is 5.37. The van der Waals surface area contributed by atoms with Gasteiger partial charge in [-0.15, -0.1) is 6.42 Å². The van der Waals surface area contributed by atoms with Crippen molar-refractivity contribution >= 4 is 44.8 Å². The maximum absolute atomic E-state index is 12.3. The van der Waals surface area contributed by atoms with Crippen molar-refractivity contribution in [2.45, 2.75) is 10.3 Å². The summed E-state index contributed by atoms with van der Waals surface area (Å²) in [5.74, 6) is 37.0. The number of sulfonamides is 1. The molecule has 2 N–H and O–H groups in total. The number of amides is 1. The molecule has 0 aliphatic carbocycles. The number of hydrogen-bond acceptors (Lipinski definition) is 4. The molecule has 36 heavy (non-hydrogen) atoms. The molecule has 1 aromatic carbocycles. The summed E-state index contributed by atoms with van der Waals surface area (Å²) in [6.07, 6.45) is 4.92. The highest BCUT2D eigenvalue weighted by Gasteiger charge is 2.18. The highest BCUT2D eigenvalue weighted by atomic mass is 35.5.